The molecule has 2 saturated heterocycles. The van der Waals surface area contributed by atoms with E-state index in [4.69, 9.17) is 14.5 Å². The number of nitrogens with zero attached hydrogens (tertiary/aromatic N) is 6. The Morgan fingerprint density at radius 1 is 0.587 bits per heavy atom. The van der Waals surface area contributed by atoms with Gasteiger partial charge in [-0.2, -0.15) is 0 Å². The average Bonchev–Trinajstić information content (AvgIpc) is 3.91. The monoisotopic (exact) mass is 1010 g/mol. The summed E-state index contributed by atoms with van der Waals surface area (Å²) in [6.07, 6.45) is 11.2. The number of benzene rings is 5. The van der Waals surface area contributed by atoms with Crippen molar-refractivity contribution in [2.45, 2.75) is 83.9 Å². The number of aromatic hydroxyl groups is 1. The van der Waals surface area contributed by atoms with Crippen molar-refractivity contribution in [1.82, 2.24) is 29.6 Å². The minimum absolute atomic E-state index is 0.0369. The van der Waals surface area contributed by atoms with Gasteiger partial charge in [-0.05, 0) is 150 Å². The molecule has 2 fully saturated rings. The van der Waals surface area contributed by atoms with E-state index in [0.717, 1.165) is 120 Å². The van der Waals surface area contributed by atoms with Gasteiger partial charge >= 0.3 is 0 Å². The van der Waals surface area contributed by atoms with Crippen molar-refractivity contribution >= 4 is 45.4 Å². The van der Waals surface area contributed by atoms with Crippen molar-refractivity contribution in [3.8, 4) is 17.2 Å². The van der Waals surface area contributed by atoms with E-state index in [1.54, 1.807) is 67.7 Å². The number of hydrogen-bond donors (Lipinski definition) is 1. The number of carbonyl (C=O) groups is 4. The lowest BCUT2D eigenvalue weighted by atomic mass is 9.92. The van der Waals surface area contributed by atoms with E-state index in [0.29, 0.717) is 59.2 Å². The van der Waals surface area contributed by atoms with Gasteiger partial charge in [-0.25, -0.2) is 8.78 Å². The number of fused-ring (bicyclic) bond motifs is 4. The van der Waals surface area contributed by atoms with E-state index >= 15 is 0 Å². The second kappa shape index (κ2) is 21.9. The fraction of sp³-hybridized carbons (Fsp3) is 0.333. The van der Waals surface area contributed by atoms with Crippen LogP contribution in [0.2, 0.25) is 0 Å². The summed E-state index contributed by atoms with van der Waals surface area (Å²) >= 11 is 0. The molecule has 2 aromatic heterocycles. The van der Waals surface area contributed by atoms with Gasteiger partial charge in [-0.1, -0.05) is 36.4 Å². The maximum absolute atomic E-state index is 13.6. The molecular weight excluding hydrogens is 955 g/mol. The molecule has 75 heavy (non-hydrogen) atoms. The number of likely N-dealkylation sites (tertiary alicyclic amines) is 2. The lowest BCUT2D eigenvalue weighted by Gasteiger charge is -2.27. The topological polar surface area (TPSA) is 146 Å². The number of phenols is 1. The lowest BCUT2D eigenvalue weighted by Crippen LogP contribution is -2.36. The van der Waals surface area contributed by atoms with Gasteiger partial charge in [0.25, 0.3) is 11.8 Å². The number of hydrogen-bond acceptors (Lipinski definition) is 9. The molecule has 4 aliphatic heterocycles. The van der Waals surface area contributed by atoms with Crippen molar-refractivity contribution in [3.63, 3.8) is 0 Å². The predicted molar refractivity (Wildman–Crippen MR) is 281 cm³/mol. The Balaban J connectivity index is 0.000000176. The van der Waals surface area contributed by atoms with Gasteiger partial charge in [-0.15, -0.1) is 0 Å². The second-order valence-electron chi connectivity index (χ2n) is 20.1. The summed E-state index contributed by atoms with van der Waals surface area (Å²) in [5.74, 6) is 0.198. The van der Waals surface area contributed by atoms with Crippen molar-refractivity contribution in [2.75, 3.05) is 47.4 Å². The summed E-state index contributed by atoms with van der Waals surface area (Å²) in [6.45, 7) is 4.02. The molecule has 0 atom stereocenters. The molecule has 7 aromatic rings. The number of aromatic nitrogens is 2. The normalized spacial score (nSPS) is 15.3. The van der Waals surface area contributed by atoms with Crippen LogP contribution in [0.5, 0.6) is 17.2 Å². The molecular formula is C60H60F2N6O7. The number of rotatable bonds is 12. The van der Waals surface area contributed by atoms with Crippen molar-refractivity contribution in [1.29, 1.82) is 0 Å². The zero-order valence-electron chi connectivity index (χ0n) is 42.6. The van der Waals surface area contributed by atoms with Crippen LogP contribution in [0.1, 0.15) is 109 Å². The highest BCUT2D eigenvalue weighted by atomic mass is 19.1. The molecule has 386 valence electrons. The second-order valence-corrected chi connectivity index (χ2v) is 20.1. The van der Waals surface area contributed by atoms with Gasteiger partial charge in [0, 0.05) is 76.5 Å². The summed E-state index contributed by atoms with van der Waals surface area (Å²) in [6, 6.07) is 24.3. The van der Waals surface area contributed by atoms with Crippen LogP contribution in [0.25, 0.3) is 21.8 Å². The molecule has 15 heteroatoms. The quantitative estimate of drug-likeness (QED) is 0.127. The van der Waals surface area contributed by atoms with Gasteiger partial charge in [0.05, 0.1) is 31.1 Å². The summed E-state index contributed by atoms with van der Waals surface area (Å²) < 4.78 is 38.5. The summed E-state index contributed by atoms with van der Waals surface area (Å²) in [4.78, 5) is 69.4. The Hall–Kier alpha value is -7.94. The minimum Gasteiger partial charge on any atom is -0.505 e. The van der Waals surface area contributed by atoms with Crippen LogP contribution in [0, 0.1) is 11.6 Å². The fourth-order valence-corrected chi connectivity index (χ4v) is 10.9. The van der Waals surface area contributed by atoms with Crippen LogP contribution in [0.15, 0.2) is 97.3 Å². The van der Waals surface area contributed by atoms with Crippen LogP contribution in [0.3, 0.4) is 0 Å². The smallest absolute Gasteiger partial charge is 0.258 e. The number of methoxy groups -OCH3 is 1. The van der Waals surface area contributed by atoms with Gasteiger partial charge in [0.1, 0.15) is 35.0 Å². The SMILES string of the molecule is CN1Cc2c(c(O)c3ncc(Cc4ccc(F)cc4)cc3c2CC(=O)N2CCCCC2)C1=O.COc1ccc(COc2c3c(c(CC(=O)N4CCCCC4)c4cc(Cc5ccc(F)cc5)cnc24)CN(C)C3=O)cc1. The van der Waals surface area contributed by atoms with E-state index in [2.05, 4.69) is 4.98 Å². The predicted octanol–water partition coefficient (Wildman–Crippen LogP) is 9.50. The Morgan fingerprint density at radius 2 is 1.03 bits per heavy atom. The Morgan fingerprint density at radius 3 is 1.52 bits per heavy atom. The zero-order valence-corrected chi connectivity index (χ0v) is 42.6. The number of halogens is 2. The highest BCUT2D eigenvalue weighted by Gasteiger charge is 2.36. The largest absolute Gasteiger partial charge is 0.505 e. The standard InChI is InChI=1S/C34H34FN3O4.C26H26FN3O3/c1-37-20-29-27(18-30(39)38-14-4-3-5-15-38)28-17-24(16-22-6-10-25(35)11-7-22)19-36-32(28)33(31(29)34(37)40)42-21-23-8-12-26(41-2)13-9-23;1-29-15-21-19(13-22(31)30-9-3-2-4-10-30)20-12-17(11-16-5-7-18(27)8-6-16)14-28-24(20)25(32)23(21)26(29)33/h6-13,17,19H,3-5,14-16,18,20-21H2,1-2H3;5-8,12,14,32H,2-4,9-11,13,15H2,1H3. The van der Waals surface area contributed by atoms with Crippen LogP contribution < -0.4 is 9.47 Å². The van der Waals surface area contributed by atoms with Crippen molar-refractivity contribution in [3.05, 3.63) is 170 Å². The van der Waals surface area contributed by atoms with Gasteiger partial charge in [0.15, 0.2) is 11.5 Å². The molecule has 4 aliphatic rings. The third-order valence-corrected chi connectivity index (χ3v) is 14.9. The molecule has 6 heterocycles. The summed E-state index contributed by atoms with van der Waals surface area (Å²) in [5, 5.41) is 12.4. The van der Waals surface area contributed by atoms with Crippen molar-refractivity contribution in [2.24, 2.45) is 0 Å². The molecule has 0 spiro atoms. The Bertz CT molecular complexity index is 3320. The van der Waals surface area contributed by atoms with Gasteiger partial charge in [0.2, 0.25) is 11.8 Å². The first kappa shape index (κ1) is 50.6. The number of carbonyl (C=O) groups excluding carboxylic acids is 4. The molecule has 0 bridgehead atoms. The van der Waals surface area contributed by atoms with E-state index in [9.17, 15) is 33.1 Å². The van der Waals surface area contributed by atoms with Gasteiger partial charge < -0.3 is 34.2 Å². The first-order valence-electron chi connectivity index (χ1n) is 25.8. The van der Waals surface area contributed by atoms with Crippen LogP contribution >= 0.6 is 0 Å². The minimum atomic E-state index is -0.289. The van der Waals surface area contributed by atoms with E-state index < -0.39 is 0 Å². The number of piperidine rings is 2. The Labute approximate surface area is 434 Å². The number of amides is 4. The third-order valence-electron chi connectivity index (χ3n) is 14.9. The summed E-state index contributed by atoms with van der Waals surface area (Å²) in [5.41, 5.74) is 9.40. The summed E-state index contributed by atoms with van der Waals surface area (Å²) in [7, 11) is 5.08. The molecule has 11 rings (SSSR count). The first-order chi connectivity index (χ1) is 36.3. The average molecular weight is 1020 g/mol. The molecule has 1 N–H and O–H groups in total. The van der Waals surface area contributed by atoms with Gasteiger partial charge in [-0.3, -0.25) is 29.1 Å². The molecule has 13 nitrogen and oxygen atoms in total. The highest BCUT2D eigenvalue weighted by Crippen LogP contribution is 2.43. The van der Waals surface area contributed by atoms with E-state index in [1.807, 2.05) is 46.2 Å². The maximum Gasteiger partial charge on any atom is 0.258 e. The Kier molecular flexibility index (Phi) is 14.8. The molecule has 4 amide bonds. The molecule has 5 aromatic carbocycles. The number of phenolic OH excluding ortho intramolecular Hbond substituents is 1. The maximum atomic E-state index is 13.6. The molecule has 0 aliphatic carbocycles. The van der Waals surface area contributed by atoms with Crippen LogP contribution in [-0.2, 0) is 55.0 Å². The lowest BCUT2D eigenvalue weighted by molar-refractivity contribution is -0.132. The zero-order chi connectivity index (χ0) is 52.3. The first-order valence-corrected chi connectivity index (χ1v) is 25.8. The fourth-order valence-electron chi connectivity index (χ4n) is 10.9. The van der Waals surface area contributed by atoms with E-state index in [1.165, 1.54) is 24.3 Å². The molecule has 0 unspecified atom stereocenters. The number of ether oxygens (including phenoxy) is 2. The number of pyridine rings is 2. The van der Waals surface area contributed by atoms with Crippen LogP contribution in [-0.4, -0.2) is 106 Å². The van der Waals surface area contributed by atoms with Crippen LogP contribution in [0.4, 0.5) is 8.78 Å². The highest BCUT2D eigenvalue weighted by molar-refractivity contribution is 6.09. The van der Waals surface area contributed by atoms with E-state index in [-0.39, 0.29) is 66.0 Å². The van der Waals surface area contributed by atoms with Crippen molar-refractivity contribution < 1.29 is 42.5 Å². The molecule has 0 saturated carbocycles. The third kappa shape index (κ3) is 10.7. The molecule has 0 radical (unpaired) electrons.